The third-order valence-electron chi connectivity index (χ3n) is 9.61. The fourth-order valence-electron chi connectivity index (χ4n) is 7.32. The summed E-state index contributed by atoms with van der Waals surface area (Å²) in [6.07, 6.45) is 0. The first-order valence-corrected chi connectivity index (χ1v) is 16.8. The van der Waals surface area contributed by atoms with Crippen LogP contribution >= 0.6 is 0 Å². The van der Waals surface area contributed by atoms with E-state index in [-0.39, 0.29) is 0 Å². The van der Waals surface area contributed by atoms with Crippen molar-refractivity contribution in [1.29, 1.82) is 0 Å². The number of fused-ring (bicyclic) bond motifs is 3. The van der Waals surface area contributed by atoms with Gasteiger partial charge in [0.15, 0.2) is 0 Å². The Bertz CT molecular complexity index is 2320. The molecule has 0 heterocycles. The maximum atomic E-state index is 2.40. The predicted octanol–water partition coefficient (Wildman–Crippen LogP) is 13.6. The van der Waals surface area contributed by atoms with Gasteiger partial charge in [0.2, 0.25) is 0 Å². The van der Waals surface area contributed by atoms with Crippen molar-refractivity contribution in [2.75, 3.05) is 4.90 Å². The highest BCUT2D eigenvalue weighted by Crippen LogP contribution is 2.41. The lowest BCUT2D eigenvalue weighted by molar-refractivity contribution is 1.28. The first-order valence-electron chi connectivity index (χ1n) is 16.8. The molecule has 0 spiro atoms. The van der Waals surface area contributed by atoms with Crippen LogP contribution < -0.4 is 4.90 Å². The zero-order valence-electron chi connectivity index (χ0n) is 27.0. The van der Waals surface area contributed by atoms with Crippen LogP contribution in [0.1, 0.15) is 0 Å². The van der Waals surface area contributed by atoms with E-state index < -0.39 is 0 Å². The minimum atomic E-state index is 1.11. The number of hydrogen-bond acceptors (Lipinski definition) is 1. The molecule has 0 fully saturated rings. The van der Waals surface area contributed by atoms with E-state index in [0.717, 1.165) is 17.1 Å². The van der Waals surface area contributed by atoms with Gasteiger partial charge in [-0.3, -0.25) is 0 Å². The lowest BCUT2D eigenvalue weighted by Crippen LogP contribution is -2.10. The SMILES string of the molecule is c1cc(-c2cccc3ccccc23)cc(N(c2cccc(-c3cccc4ccccc34)c2)c2cccc(-c3cccc4ccccc34)c2)c1. The second kappa shape index (κ2) is 12.3. The van der Waals surface area contributed by atoms with E-state index in [9.17, 15) is 0 Å². The van der Waals surface area contributed by atoms with Crippen molar-refractivity contribution in [2.45, 2.75) is 0 Å². The summed E-state index contributed by atoms with van der Waals surface area (Å²) in [5.41, 5.74) is 10.6. The van der Waals surface area contributed by atoms with Gasteiger partial charge in [-0.1, -0.05) is 164 Å². The van der Waals surface area contributed by atoms with Crippen molar-refractivity contribution in [2.24, 2.45) is 0 Å². The maximum Gasteiger partial charge on any atom is 0.0467 e. The Morgan fingerprint density at radius 2 is 0.531 bits per heavy atom. The molecule has 1 heteroatoms. The van der Waals surface area contributed by atoms with Crippen LogP contribution in [-0.2, 0) is 0 Å². The van der Waals surface area contributed by atoms with Crippen LogP contribution in [0.25, 0.3) is 65.7 Å². The molecule has 0 aliphatic heterocycles. The van der Waals surface area contributed by atoms with Crippen molar-refractivity contribution < 1.29 is 0 Å². The molecule has 0 N–H and O–H groups in total. The quantitative estimate of drug-likeness (QED) is 0.178. The van der Waals surface area contributed by atoms with Gasteiger partial charge in [0.1, 0.15) is 0 Å². The lowest BCUT2D eigenvalue weighted by atomic mass is 9.96. The highest BCUT2D eigenvalue weighted by atomic mass is 15.1. The topological polar surface area (TPSA) is 3.24 Å². The number of rotatable bonds is 6. The molecule has 0 aliphatic carbocycles. The monoisotopic (exact) mass is 623 g/mol. The lowest BCUT2D eigenvalue weighted by Gasteiger charge is -2.27. The van der Waals surface area contributed by atoms with E-state index in [1.807, 2.05) is 0 Å². The molecule has 9 rings (SSSR count). The van der Waals surface area contributed by atoms with Crippen LogP contribution in [-0.4, -0.2) is 0 Å². The molecular formula is C48H33N. The summed E-state index contributed by atoms with van der Waals surface area (Å²) in [5, 5.41) is 7.49. The number of anilines is 3. The normalized spacial score (nSPS) is 11.3. The van der Waals surface area contributed by atoms with Gasteiger partial charge in [0.25, 0.3) is 0 Å². The molecule has 0 saturated heterocycles. The van der Waals surface area contributed by atoms with Crippen molar-refractivity contribution >= 4 is 49.4 Å². The van der Waals surface area contributed by atoms with Gasteiger partial charge in [-0.05, 0) is 102 Å². The molecule has 0 aromatic heterocycles. The molecule has 230 valence electrons. The molecule has 0 aliphatic rings. The third-order valence-corrected chi connectivity index (χ3v) is 9.61. The summed E-state index contributed by atoms with van der Waals surface area (Å²) < 4.78 is 0. The van der Waals surface area contributed by atoms with Gasteiger partial charge >= 0.3 is 0 Å². The van der Waals surface area contributed by atoms with Crippen LogP contribution in [0.5, 0.6) is 0 Å². The van der Waals surface area contributed by atoms with Gasteiger partial charge in [0, 0.05) is 17.1 Å². The van der Waals surface area contributed by atoms with Crippen LogP contribution in [0.4, 0.5) is 17.1 Å². The van der Waals surface area contributed by atoms with Crippen LogP contribution in [0.2, 0.25) is 0 Å². The molecule has 49 heavy (non-hydrogen) atoms. The van der Waals surface area contributed by atoms with Crippen LogP contribution in [0, 0.1) is 0 Å². The second-order valence-electron chi connectivity index (χ2n) is 12.6. The Morgan fingerprint density at radius 3 is 0.878 bits per heavy atom. The van der Waals surface area contributed by atoms with Gasteiger partial charge < -0.3 is 4.90 Å². The Balaban J connectivity index is 1.24. The molecule has 0 radical (unpaired) electrons. The van der Waals surface area contributed by atoms with Crippen molar-refractivity contribution in [3.8, 4) is 33.4 Å². The number of benzene rings is 9. The summed E-state index contributed by atoms with van der Waals surface area (Å²) in [6, 6.07) is 72.5. The van der Waals surface area contributed by atoms with Crippen molar-refractivity contribution in [1.82, 2.24) is 0 Å². The van der Waals surface area contributed by atoms with E-state index in [4.69, 9.17) is 0 Å². The zero-order valence-corrected chi connectivity index (χ0v) is 27.0. The molecule has 0 amide bonds. The first-order chi connectivity index (χ1) is 24.3. The van der Waals surface area contributed by atoms with E-state index in [1.54, 1.807) is 0 Å². The molecule has 0 atom stereocenters. The van der Waals surface area contributed by atoms with Gasteiger partial charge in [-0.15, -0.1) is 0 Å². The summed E-state index contributed by atoms with van der Waals surface area (Å²) in [4.78, 5) is 2.40. The van der Waals surface area contributed by atoms with Gasteiger partial charge in [-0.25, -0.2) is 0 Å². The van der Waals surface area contributed by atoms with E-state index in [0.29, 0.717) is 0 Å². The second-order valence-corrected chi connectivity index (χ2v) is 12.6. The van der Waals surface area contributed by atoms with E-state index in [2.05, 4.69) is 205 Å². The summed E-state index contributed by atoms with van der Waals surface area (Å²) >= 11 is 0. The minimum absolute atomic E-state index is 1.11. The molecule has 9 aromatic rings. The fourth-order valence-corrected chi connectivity index (χ4v) is 7.32. The molecule has 0 saturated carbocycles. The van der Waals surface area contributed by atoms with Gasteiger partial charge in [0.05, 0.1) is 0 Å². The fraction of sp³-hybridized carbons (Fsp3) is 0. The highest BCUT2D eigenvalue weighted by Gasteiger charge is 2.17. The standard InChI is InChI=1S/C48H33N/c1-4-25-43-34(13-1)16-10-28-46(43)37-19-7-22-40(31-37)49(41-23-8-20-38(32-41)47-29-11-17-35-14-2-5-26-44(35)47)42-24-9-21-39(33-42)48-30-12-18-36-15-3-6-27-45(36)48/h1-33H. The summed E-state index contributed by atoms with van der Waals surface area (Å²) in [6.45, 7) is 0. The zero-order chi connectivity index (χ0) is 32.6. The van der Waals surface area contributed by atoms with Crippen molar-refractivity contribution in [3.63, 3.8) is 0 Å². The number of hydrogen-bond donors (Lipinski definition) is 0. The smallest absolute Gasteiger partial charge is 0.0467 e. The van der Waals surface area contributed by atoms with Crippen LogP contribution in [0.15, 0.2) is 200 Å². The minimum Gasteiger partial charge on any atom is -0.310 e. The molecular weight excluding hydrogens is 591 g/mol. The molecule has 0 unspecified atom stereocenters. The summed E-state index contributed by atoms with van der Waals surface area (Å²) in [5.74, 6) is 0. The molecule has 0 bridgehead atoms. The molecule has 1 nitrogen and oxygen atoms in total. The Kier molecular flexibility index (Phi) is 7.22. The maximum absolute atomic E-state index is 2.40. The highest BCUT2D eigenvalue weighted by molar-refractivity contribution is 6.00. The summed E-state index contributed by atoms with van der Waals surface area (Å²) in [7, 11) is 0. The Labute approximate surface area is 287 Å². The Morgan fingerprint density at radius 1 is 0.245 bits per heavy atom. The van der Waals surface area contributed by atoms with E-state index >= 15 is 0 Å². The molecule has 9 aromatic carbocycles. The van der Waals surface area contributed by atoms with E-state index in [1.165, 1.54) is 65.7 Å². The Hall–Kier alpha value is -6.44. The van der Waals surface area contributed by atoms with Crippen LogP contribution in [0.3, 0.4) is 0 Å². The average molecular weight is 624 g/mol. The first kappa shape index (κ1) is 28.8. The average Bonchev–Trinajstić information content (AvgIpc) is 3.18. The van der Waals surface area contributed by atoms with Crippen molar-refractivity contribution in [3.05, 3.63) is 200 Å². The largest absolute Gasteiger partial charge is 0.310 e. The predicted molar refractivity (Wildman–Crippen MR) is 210 cm³/mol. The van der Waals surface area contributed by atoms with Gasteiger partial charge in [-0.2, -0.15) is 0 Å². The number of nitrogens with zero attached hydrogens (tertiary/aromatic N) is 1. The third kappa shape index (κ3) is 5.32.